The first-order valence-corrected chi connectivity index (χ1v) is 45.1. The lowest BCUT2D eigenvalue weighted by Gasteiger charge is -2.21. The quantitative estimate of drug-likeness (QED) is 0.0169. The molecule has 0 saturated carbocycles. The maximum Gasteiger partial charge on any atom is 0.472 e. The Morgan fingerprint density at radius 3 is 0.774 bits per heavy atom. The van der Waals surface area contributed by atoms with E-state index in [0.717, 1.165) is 180 Å². The predicted octanol–water partition coefficient (Wildman–Crippen LogP) is 24.9. The second kappa shape index (κ2) is 78.8. The van der Waals surface area contributed by atoms with Gasteiger partial charge in [-0.05, 0) is 135 Å². The van der Waals surface area contributed by atoms with Gasteiger partial charge in [0, 0.05) is 25.7 Å². The highest BCUT2D eigenvalue weighted by atomic mass is 31.2. The Morgan fingerprint density at radius 1 is 0.274 bits per heavy atom. The van der Waals surface area contributed by atoms with Gasteiger partial charge < -0.3 is 33.8 Å². The van der Waals surface area contributed by atoms with Gasteiger partial charge >= 0.3 is 39.5 Å². The summed E-state index contributed by atoms with van der Waals surface area (Å²) < 4.78 is 68.7. The monoisotopic (exact) mass is 1530 g/mol. The Labute approximate surface area is 645 Å². The summed E-state index contributed by atoms with van der Waals surface area (Å²) in [4.78, 5) is 73.2. The normalized spacial score (nSPS) is 14.4. The number of phosphoric acid groups is 2. The summed E-state index contributed by atoms with van der Waals surface area (Å²) in [6, 6.07) is 0. The highest BCUT2D eigenvalue weighted by Gasteiger charge is 2.30. The summed E-state index contributed by atoms with van der Waals surface area (Å²) in [5.74, 6) is -2.21. The van der Waals surface area contributed by atoms with Gasteiger partial charge in [0.1, 0.15) is 19.3 Å². The molecule has 0 aromatic rings. The van der Waals surface area contributed by atoms with E-state index in [9.17, 15) is 43.2 Å². The molecule has 5 unspecified atom stereocenters. The van der Waals surface area contributed by atoms with Crippen LogP contribution in [0, 0.1) is 0 Å². The van der Waals surface area contributed by atoms with E-state index in [-0.39, 0.29) is 25.7 Å². The summed E-state index contributed by atoms with van der Waals surface area (Å²) in [5, 5.41) is 10.7. The van der Waals surface area contributed by atoms with Crippen molar-refractivity contribution in [2.75, 3.05) is 39.6 Å². The van der Waals surface area contributed by atoms with Gasteiger partial charge in [-0.1, -0.05) is 310 Å². The fraction of sp³-hybridized carbons (Fsp3) is 0.747. The van der Waals surface area contributed by atoms with E-state index in [1.165, 1.54) is 103 Å². The fourth-order valence-corrected chi connectivity index (χ4v) is 12.9. The van der Waals surface area contributed by atoms with Crippen LogP contribution in [-0.4, -0.2) is 96.7 Å². The lowest BCUT2D eigenvalue weighted by Crippen LogP contribution is -2.30. The van der Waals surface area contributed by atoms with Gasteiger partial charge in [-0.25, -0.2) is 9.13 Å². The minimum absolute atomic E-state index is 0.0726. The molecule has 0 aliphatic carbocycles. The zero-order valence-corrected chi connectivity index (χ0v) is 68.9. The molecule has 0 radical (unpaired) electrons. The van der Waals surface area contributed by atoms with Crippen LogP contribution in [0.5, 0.6) is 0 Å². The third-order valence-corrected chi connectivity index (χ3v) is 19.6. The molecule has 0 aromatic heterocycles. The van der Waals surface area contributed by atoms with Crippen LogP contribution in [0.1, 0.15) is 362 Å². The predicted molar refractivity (Wildman–Crippen MR) is 436 cm³/mol. The van der Waals surface area contributed by atoms with E-state index in [0.29, 0.717) is 25.7 Å². The lowest BCUT2D eigenvalue weighted by atomic mass is 10.0. The highest BCUT2D eigenvalue weighted by molar-refractivity contribution is 7.47. The van der Waals surface area contributed by atoms with E-state index in [2.05, 4.69) is 137 Å². The van der Waals surface area contributed by atoms with Crippen molar-refractivity contribution in [1.82, 2.24) is 0 Å². The molecule has 0 aliphatic rings. The van der Waals surface area contributed by atoms with Crippen LogP contribution >= 0.6 is 15.6 Å². The number of rotatable bonds is 79. The zero-order valence-electron chi connectivity index (χ0n) is 67.1. The van der Waals surface area contributed by atoms with Gasteiger partial charge in [-0.3, -0.25) is 37.3 Å². The Kier molecular flexibility index (Phi) is 75.6. The van der Waals surface area contributed by atoms with E-state index in [4.69, 9.17) is 37.0 Å². The number of carbonyl (C=O) groups excluding carboxylic acids is 4. The molecule has 0 saturated heterocycles. The van der Waals surface area contributed by atoms with E-state index < -0.39 is 97.5 Å². The summed E-state index contributed by atoms with van der Waals surface area (Å²) >= 11 is 0. The van der Waals surface area contributed by atoms with Crippen LogP contribution in [-0.2, 0) is 65.4 Å². The number of hydrogen-bond donors (Lipinski definition) is 3. The molecule has 19 heteroatoms. The number of aliphatic hydroxyl groups is 1. The standard InChI is InChI=1S/C87H152O17P2/c1-5-9-13-17-21-25-29-33-37-39-40-42-46-48-52-56-60-64-68-72-85(90)98-78-83(104-87(92)74-70-66-62-58-54-50-44-36-32-28-24-20-16-12-8-4)80-102-106(95,96)100-76-81(88)75-99-105(93,94)101-79-82(103-86(91)73-69-65-61-57-53-49-43-35-31-27-23-19-15-11-7-3)77-97-84(89)71-67-63-59-55-51-47-45-41-38-34-30-26-22-18-14-10-6-2/h10,14,21-23,25-27,33-35,37-38,40,42-43,45,47,81-83,88H,5-9,11-13,15-20,24,28-32,36,39,41,44,46,48-80H2,1-4H3,(H,93,94)(H,95,96)/b14-10-,25-21-,26-22-,27-23-,37-33-,38-34-,42-40-,43-35-,47-45-. The van der Waals surface area contributed by atoms with Gasteiger partial charge in [0.2, 0.25) is 0 Å². The van der Waals surface area contributed by atoms with E-state index in [1.807, 2.05) is 0 Å². The average Bonchev–Trinajstić information content (AvgIpc) is 0.928. The number of ether oxygens (including phenoxy) is 4. The topological polar surface area (TPSA) is 237 Å². The van der Waals surface area contributed by atoms with Crippen molar-refractivity contribution in [3.05, 3.63) is 109 Å². The van der Waals surface area contributed by atoms with E-state index >= 15 is 0 Å². The third-order valence-electron chi connectivity index (χ3n) is 17.7. The fourth-order valence-electron chi connectivity index (χ4n) is 11.3. The molecule has 0 amide bonds. The third kappa shape index (κ3) is 77.9. The van der Waals surface area contributed by atoms with Gasteiger partial charge in [-0.2, -0.15) is 0 Å². The molecule has 106 heavy (non-hydrogen) atoms. The van der Waals surface area contributed by atoms with Gasteiger partial charge in [0.05, 0.1) is 26.4 Å². The Bertz CT molecular complexity index is 2430. The van der Waals surface area contributed by atoms with Crippen molar-refractivity contribution < 1.29 is 80.2 Å². The molecular formula is C87H152O17P2. The largest absolute Gasteiger partial charge is 0.472 e. The second-order valence-corrected chi connectivity index (χ2v) is 30.9. The van der Waals surface area contributed by atoms with Crippen molar-refractivity contribution in [2.45, 2.75) is 380 Å². The first-order valence-electron chi connectivity index (χ1n) is 42.1. The van der Waals surface area contributed by atoms with Gasteiger partial charge in [-0.15, -0.1) is 0 Å². The molecule has 0 heterocycles. The number of hydrogen-bond acceptors (Lipinski definition) is 15. The van der Waals surface area contributed by atoms with Crippen molar-refractivity contribution in [3.63, 3.8) is 0 Å². The van der Waals surface area contributed by atoms with Crippen molar-refractivity contribution in [3.8, 4) is 0 Å². The van der Waals surface area contributed by atoms with Crippen molar-refractivity contribution in [2.24, 2.45) is 0 Å². The van der Waals surface area contributed by atoms with Crippen LogP contribution in [0.25, 0.3) is 0 Å². The summed E-state index contributed by atoms with van der Waals surface area (Å²) in [5.41, 5.74) is 0. The second-order valence-electron chi connectivity index (χ2n) is 28.0. The van der Waals surface area contributed by atoms with Crippen LogP contribution in [0.2, 0.25) is 0 Å². The molecule has 0 rings (SSSR count). The van der Waals surface area contributed by atoms with Crippen molar-refractivity contribution >= 4 is 39.5 Å². The SMILES string of the molecule is CC/C=C\C/C=C\C/C=C\C/C=C\CCCCCCC(=O)OCC(COP(=O)(O)OCC(O)COP(=O)(O)OCC(COC(=O)CCCCCCCC/C=C\C/C=C\C/C=C\CCCCC)OC(=O)CCCCCCCCCCCCCCCCC)OC(=O)CCCCCCC/C=C\C/C=C\CCCCC. The Morgan fingerprint density at radius 2 is 0.491 bits per heavy atom. The summed E-state index contributed by atoms with van der Waals surface area (Å²) in [6.45, 7) is 4.71. The first-order chi connectivity index (χ1) is 51.7. The van der Waals surface area contributed by atoms with Crippen LogP contribution in [0.4, 0.5) is 0 Å². The molecule has 5 atom stereocenters. The van der Waals surface area contributed by atoms with Crippen LogP contribution in [0.15, 0.2) is 109 Å². The maximum atomic E-state index is 13.1. The number of unbranched alkanes of at least 4 members (excludes halogenated alkanes) is 35. The smallest absolute Gasteiger partial charge is 0.462 e. The number of allylic oxidation sites excluding steroid dienone is 18. The van der Waals surface area contributed by atoms with Gasteiger partial charge in [0.25, 0.3) is 0 Å². The molecule has 0 fully saturated rings. The van der Waals surface area contributed by atoms with E-state index in [1.54, 1.807) is 0 Å². The molecule has 0 aliphatic heterocycles. The lowest BCUT2D eigenvalue weighted by molar-refractivity contribution is -0.161. The average molecular weight is 1530 g/mol. The van der Waals surface area contributed by atoms with Crippen molar-refractivity contribution in [1.29, 1.82) is 0 Å². The van der Waals surface area contributed by atoms with Crippen LogP contribution < -0.4 is 0 Å². The Balaban J connectivity index is 5.39. The molecule has 17 nitrogen and oxygen atoms in total. The highest BCUT2D eigenvalue weighted by Crippen LogP contribution is 2.45. The molecular weight excluding hydrogens is 1380 g/mol. The Hall–Kier alpha value is -4.28. The molecule has 3 N–H and O–H groups in total. The molecule has 0 aromatic carbocycles. The number of esters is 4. The maximum absolute atomic E-state index is 13.1. The molecule has 0 bridgehead atoms. The first kappa shape index (κ1) is 102. The summed E-state index contributed by atoms with van der Waals surface area (Å²) in [6.07, 6.45) is 86.2. The molecule has 0 spiro atoms. The van der Waals surface area contributed by atoms with Crippen LogP contribution in [0.3, 0.4) is 0 Å². The zero-order chi connectivity index (χ0) is 77.4. The van der Waals surface area contributed by atoms with Gasteiger partial charge in [0.15, 0.2) is 12.2 Å². The minimum atomic E-state index is -4.99. The minimum Gasteiger partial charge on any atom is -0.462 e. The number of phosphoric ester groups is 2. The number of aliphatic hydroxyl groups excluding tert-OH is 1. The summed E-state index contributed by atoms with van der Waals surface area (Å²) in [7, 11) is -9.97. The molecule has 612 valence electrons. The number of carbonyl (C=O) groups is 4.